The monoisotopic (exact) mass is 446 g/mol. The highest BCUT2D eigenvalue weighted by Gasteiger charge is 2.23. The standard InChI is InChI=1S/C23H30N2O5S/c1-15-16(2)18(4)23(19(5)17(15)3)31(28,29)25-12-11-22(27)30-14-21(26)24-13-20-9-7-6-8-10-20/h6-10,25H,11-14H2,1-5H3,(H,24,26). The summed E-state index contributed by atoms with van der Waals surface area (Å²) in [5.41, 5.74) is 5.28. The summed E-state index contributed by atoms with van der Waals surface area (Å²) in [5.74, 6) is -1.07. The lowest BCUT2D eigenvalue weighted by molar-refractivity contribution is -0.148. The van der Waals surface area contributed by atoms with Crippen LogP contribution in [-0.2, 0) is 30.9 Å². The van der Waals surface area contributed by atoms with E-state index in [1.165, 1.54) is 0 Å². The van der Waals surface area contributed by atoms with Gasteiger partial charge in [0.15, 0.2) is 6.61 Å². The van der Waals surface area contributed by atoms with E-state index in [1.807, 2.05) is 51.1 Å². The minimum atomic E-state index is -3.79. The van der Waals surface area contributed by atoms with Crippen LogP contribution in [0.3, 0.4) is 0 Å². The summed E-state index contributed by atoms with van der Waals surface area (Å²) in [4.78, 5) is 24.0. The summed E-state index contributed by atoms with van der Waals surface area (Å²) >= 11 is 0. The number of rotatable bonds is 9. The van der Waals surface area contributed by atoms with Gasteiger partial charge in [-0.3, -0.25) is 9.59 Å². The zero-order valence-corrected chi connectivity index (χ0v) is 19.5. The lowest BCUT2D eigenvalue weighted by atomic mass is 9.95. The predicted molar refractivity (Wildman–Crippen MR) is 119 cm³/mol. The van der Waals surface area contributed by atoms with Crippen molar-refractivity contribution in [1.29, 1.82) is 0 Å². The van der Waals surface area contributed by atoms with E-state index in [0.29, 0.717) is 17.7 Å². The van der Waals surface area contributed by atoms with Crippen LogP contribution in [0.1, 0.15) is 39.8 Å². The van der Waals surface area contributed by atoms with Gasteiger partial charge >= 0.3 is 5.97 Å². The normalized spacial score (nSPS) is 11.3. The maximum absolute atomic E-state index is 12.8. The van der Waals surface area contributed by atoms with Gasteiger partial charge in [-0.2, -0.15) is 0 Å². The molecule has 0 spiro atoms. The predicted octanol–water partition coefficient (Wildman–Crippen LogP) is 2.76. The largest absolute Gasteiger partial charge is 0.456 e. The molecule has 2 aromatic carbocycles. The number of sulfonamides is 1. The van der Waals surface area contributed by atoms with Crippen molar-refractivity contribution < 1.29 is 22.7 Å². The van der Waals surface area contributed by atoms with Crippen LogP contribution in [0, 0.1) is 34.6 Å². The third-order valence-corrected chi connectivity index (χ3v) is 7.25. The van der Waals surface area contributed by atoms with Gasteiger partial charge in [-0.05, 0) is 68.0 Å². The van der Waals surface area contributed by atoms with Crippen LogP contribution in [0.4, 0.5) is 0 Å². The fourth-order valence-corrected chi connectivity index (χ4v) is 4.92. The Morgan fingerprint density at radius 3 is 2.00 bits per heavy atom. The number of hydrogen-bond acceptors (Lipinski definition) is 5. The van der Waals surface area contributed by atoms with Crippen LogP contribution in [0.5, 0.6) is 0 Å². The number of ether oxygens (including phenoxy) is 1. The highest BCUT2D eigenvalue weighted by atomic mass is 32.2. The molecule has 1 amide bonds. The van der Waals surface area contributed by atoms with E-state index >= 15 is 0 Å². The first kappa shape index (κ1) is 24.6. The van der Waals surface area contributed by atoms with E-state index < -0.39 is 28.5 Å². The van der Waals surface area contributed by atoms with Crippen LogP contribution in [-0.4, -0.2) is 33.4 Å². The highest BCUT2D eigenvalue weighted by molar-refractivity contribution is 7.89. The fourth-order valence-electron chi connectivity index (χ4n) is 3.29. The fraction of sp³-hybridized carbons (Fsp3) is 0.391. The van der Waals surface area contributed by atoms with Crippen LogP contribution >= 0.6 is 0 Å². The van der Waals surface area contributed by atoms with Crippen molar-refractivity contribution in [3.63, 3.8) is 0 Å². The van der Waals surface area contributed by atoms with Crippen LogP contribution in [0.2, 0.25) is 0 Å². The van der Waals surface area contributed by atoms with E-state index in [9.17, 15) is 18.0 Å². The second-order valence-electron chi connectivity index (χ2n) is 7.52. The molecule has 0 aliphatic heterocycles. The first-order chi connectivity index (χ1) is 14.5. The molecule has 0 aliphatic rings. The third kappa shape index (κ3) is 6.38. The van der Waals surface area contributed by atoms with Crippen molar-refractivity contribution in [2.75, 3.05) is 13.2 Å². The quantitative estimate of drug-likeness (QED) is 0.577. The van der Waals surface area contributed by atoms with Crippen molar-refractivity contribution in [1.82, 2.24) is 10.0 Å². The molecule has 168 valence electrons. The average Bonchev–Trinajstić information content (AvgIpc) is 2.74. The maximum atomic E-state index is 12.8. The minimum absolute atomic E-state index is 0.113. The zero-order valence-electron chi connectivity index (χ0n) is 18.7. The van der Waals surface area contributed by atoms with E-state index in [2.05, 4.69) is 10.0 Å². The molecule has 2 aromatic rings. The van der Waals surface area contributed by atoms with Gasteiger partial charge in [0.2, 0.25) is 10.0 Å². The van der Waals surface area contributed by atoms with Gasteiger partial charge < -0.3 is 10.1 Å². The van der Waals surface area contributed by atoms with Crippen LogP contribution < -0.4 is 10.0 Å². The molecular weight excluding hydrogens is 416 g/mol. The van der Waals surface area contributed by atoms with Gasteiger partial charge in [-0.25, -0.2) is 13.1 Å². The first-order valence-corrected chi connectivity index (χ1v) is 11.6. The Balaban J connectivity index is 1.84. The SMILES string of the molecule is Cc1c(C)c(C)c(S(=O)(=O)NCCC(=O)OCC(=O)NCc2ccccc2)c(C)c1C. The molecule has 0 unspecified atom stereocenters. The molecule has 7 nitrogen and oxygen atoms in total. The van der Waals surface area contributed by atoms with Crippen molar-refractivity contribution >= 4 is 21.9 Å². The lowest BCUT2D eigenvalue weighted by Gasteiger charge is -2.19. The van der Waals surface area contributed by atoms with Crippen molar-refractivity contribution in [3.05, 3.63) is 63.7 Å². The number of esters is 1. The van der Waals surface area contributed by atoms with Gasteiger partial charge in [0.05, 0.1) is 11.3 Å². The first-order valence-electron chi connectivity index (χ1n) is 10.1. The van der Waals surface area contributed by atoms with Gasteiger partial charge in [0.25, 0.3) is 5.91 Å². The summed E-state index contributed by atoms with van der Waals surface area (Å²) in [6.45, 7) is 9.15. The average molecular weight is 447 g/mol. The number of amides is 1. The molecule has 0 atom stereocenters. The molecular formula is C23H30N2O5S. The smallest absolute Gasteiger partial charge is 0.307 e. The Kier molecular flexibility index (Phi) is 8.36. The zero-order chi connectivity index (χ0) is 23.2. The number of benzene rings is 2. The summed E-state index contributed by atoms with van der Waals surface area (Å²) in [6.07, 6.45) is -0.173. The minimum Gasteiger partial charge on any atom is -0.456 e. The summed E-state index contributed by atoms with van der Waals surface area (Å²) < 4.78 is 33.1. The summed E-state index contributed by atoms with van der Waals surface area (Å²) in [7, 11) is -3.79. The topological polar surface area (TPSA) is 102 Å². The number of nitrogens with one attached hydrogen (secondary N) is 2. The molecule has 0 radical (unpaired) electrons. The Bertz CT molecular complexity index is 1030. The molecule has 0 aliphatic carbocycles. The number of carbonyl (C=O) groups is 2. The molecule has 0 saturated carbocycles. The third-order valence-electron chi connectivity index (χ3n) is 5.52. The van der Waals surface area contributed by atoms with Gasteiger partial charge in [0.1, 0.15) is 0 Å². The van der Waals surface area contributed by atoms with Gasteiger partial charge in [-0.1, -0.05) is 30.3 Å². The second kappa shape index (κ2) is 10.5. The summed E-state index contributed by atoms with van der Waals surface area (Å²) in [5, 5.41) is 2.66. The lowest BCUT2D eigenvalue weighted by Crippen LogP contribution is -2.31. The van der Waals surface area contributed by atoms with E-state index in [0.717, 1.165) is 22.3 Å². The van der Waals surface area contributed by atoms with E-state index in [-0.39, 0.29) is 17.9 Å². The van der Waals surface area contributed by atoms with Gasteiger partial charge in [-0.15, -0.1) is 0 Å². The molecule has 31 heavy (non-hydrogen) atoms. The maximum Gasteiger partial charge on any atom is 0.307 e. The van der Waals surface area contributed by atoms with E-state index in [4.69, 9.17) is 4.74 Å². The molecule has 2 rings (SSSR count). The number of hydrogen-bond donors (Lipinski definition) is 2. The molecule has 2 N–H and O–H groups in total. The molecule has 0 saturated heterocycles. The summed E-state index contributed by atoms with van der Waals surface area (Å²) in [6, 6.07) is 9.36. The molecule has 0 bridgehead atoms. The molecule has 0 aromatic heterocycles. The highest BCUT2D eigenvalue weighted by Crippen LogP contribution is 2.29. The van der Waals surface area contributed by atoms with Gasteiger partial charge in [0, 0.05) is 13.1 Å². The molecule has 8 heteroatoms. The molecule has 0 heterocycles. The van der Waals surface area contributed by atoms with Crippen molar-refractivity contribution in [2.24, 2.45) is 0 Å². The van der Waals surface area contributed by atoms with E-state index in [1.54, 1.807) is 13.8 Å². The second-order valence-corrected chi connectivity index (χ2v) is 9.23. The van der Waals surface area contributed by atoms with Crippen molar-refractivity contribution in [2.45, 2.75) is 52.5 Å². The Morgan fingerprint density at radius 1 is 0.871 bits per heavy atom. The Hall–Kier alpha value is -2.71. The number of carbonyl (C=O) groups excluding carboxylic acids is 2. The van der Waals surface area contributed by atoms with Crippen LogP contribution in [0.15, 0.2) is 35.2 Å². The van der Waals surface area contributed by atoms with Crippen LogP contribution in [0.25, 0.3) is 0 Å². The Morgan fingerprint density at radius 2 is 1.42 bits per heavy atom. The molecule has 0 fully saturated rings. The Labute approximate surface area is 184 Å². The van der Waals surface area contributed by atoms with Crippen molar-refractivity contribution in [3.8, 4) is 0 Å².